The number of methoxy groups -OCH3 is 2. The van der Waals surface area contributed by atoms with Gasteiger partial charge in [-0.3, -0.25) is 14.9 Å². The molecule has 1 aliphatic rings. The Morgan fingerprint density at radius 3 is 2.46 bits per heavy atom. The number of amidine groups is 1. The molecule has 0 bridgehead atoms. The largest absolute Gasteiger partial charge is 0.495 e. The average molecular weight is 487 g/mol. The molecule has 1 aromatic heterocycles. The number of fused-ring (bicyclic) bond motifs is 1. The molecule has 0 atom stereocenters. The topological polar surface area (TPSA) is 107 Å². The van der Waals surface area contributed by atoms with Crippen molar-refractivity contribution in [3.8, 4) is 11.5 Å². The van der Waals surface area contributed by atoms with Gasteiger partial charge in [0.15, 0.2) is 5.13 Å². The molecule has 2 heterocycles. The van der Waals surface area contributed by atoms with E-state index in [9.17, 15) is 14.9 Å². The second-order valence-corrected chi connectivity index (χ2v) is 8.45. The number of benzene rings is 3. The number of ether oxygens (including phenoxy) is 2. The van der Waals surface area contributed by atoms with Crippen molar-refractivity contribution < 1.29 is 19.2 Å². The third kappa shape index (κ3) is 4.00. The minimum atomic E-state index is -0.481. The van der Waals surface area contributed by atoms with Gasteiger partial charge in [-0.2, -0.15) is 0 Å². The number of nitro benzene ring substituents is 1. The molecule has 0 saturated heterocycles. The Labute approximate surface area is 203 Å². The van der Waals surface area contributed by atoms with Crippen molar-refractivity contribution in [2.75, 3.05) is 19.1 Å². The number of amides is 1. The maximum atomic E-state index is 13.6. The van der Waals surface area contributed by atoms with E-state index in [4.69, 9.17) is 14.5 Å². The van der Waals surface area contributed by atoms with Crippen LogP contribution in [0.5, 0.6) is 11.5 Å². The fraction of sp³-hybridized carbons (Fsp3) is 0.0800. The summed E-state index contributed by atoms with van der Waals surface area (Å²) in [5.41, 5.74) is 1.86. The molecule has 10 heteroatoms. The van der Waals surface area contributed by atoms with Gasteiger partial charge in [0, 0.05) is 17.7 Å². The second-order valence-electron chi connectivity index (χ2n) is 7.47. The highest BCUT2D eigenvalue weighted by Crippen LogP contribution is 2.41. The molecule has 0 saturated carbocycles. The summed E-state index contributed by atoms with van der Waals surface area (Å²) in [6.07, 6.45) is 1.53. The molecule has 9 nitrogen and oxygen atoms in total. The first-order valence-electron chi connectivity index (χ1n) is 10.5. The highest BCUT2D eigenvalue weighted by molar-refractivity contribution is 7.23. The number of aliphatic imine (C=N–C) groups is 1. The third-order valence-corrected chi connectivity index (χ3v) is 6.42. The summed E-state index contributed by atoms with van der Waals surface area (Å²) >= 11 is 1.28. The molecular weight excluding hydrogens is 468 g/mol. The van der Waals surface area contributed by atoms with Gasteiger partial charge in [0.2, 0.25) is 0 Å². The van der Waals surface area contributed by atoms with Crippen molar-refractivity contribution in [3.63, 3.8) is 0 Å². The standard InChI is InChI=1S/C25H18N4O5S/c1-33-19-11-12-20(34-2)22-21(19)27-25(35-22)28-23(16-8-4-3-5-9-16)26-18(24(28)30)14-15-7-6-10-17(13-15)29(31)32/h3-14H,1-2H3/b18-14-. The predicted octanol–water partition coefficient (Wildman–Crippen LogP) is 5.06. The summed E-state index contributed by atoms with van der Waals surface area (Å²) in [5.74, 6) is 1.18. The molecule has 0 aliphatic carbocycles. The number of nitrogens with zero attached hydrogens (tertiary/aromatic N) is 4. The lowest BCUT2D eigenvalue weighted by molar-refractivity contribution is -0.384. The summed E-state index contributed by atoms with van der Waals surface area (Å²) in [7, 11) is 3.12. The van der Waals surface area contributed by atoms with Crippen LogP contribution in [0.2, 0.25) is 0 Å². The smallest absolute Gasteiger partial charge is 0.284 e. The summed E-state index contributed by atoms with van der Waals surface area (Å²) in [5, 5.41) is 11.6. The number of rotatable bonds is 6. The highest BCUT2D eigenvalue weighted by Gasteiger charge is 2.35. The van der Waals surface area contributed by atoms with Gasteiger partial charge in [-0.15, -0.1) is 0 Å². The van der Waals surface area contributed by atoms with E-state index < -0.39 is 10.8 Å². The molecule has 35 heavy (non-hydrogen) atoms. The molecule has 1 aliphatic heterocycles. The van der Waals surface area contributed by atoms with Gasteiger partial charge >= 0.3 is 0 Å². The lowest BCUT2D eigenvalue weighted by atomic mass is 10.1. The third-order valence-electron chi connectivity index (χ3n) is 5.37. The number of nitro groups is 1. The van der Waals surface area contributed by atoms with E-state index in [2.05, 4.69) is 4.99 Å². The SMILES string of the molecule is COc1ccc(OC)c2sc(N3C(=O)/C(=C/c4cccc([N+](=O)[O-])c4)N=C3c3ccccc3)nc12. The number of aromatic nitrogens is 1. The van der Waals surface area contributed by atoms with E-state index in [0.29, 0.717) is 33.5 Å². The van der Waals surface area contributed by atoms with Gasteiger partial charge in [-0.25, -0.2) is 14.9 Å². The van der Waals surface area contributed by atoms with Crippen LogP contribution in [0.3, 0.4) is 0 Å². The lowest BCUT2D eigenvalue weighted by Crippen LogP contribution is -2.32. The van der Waals surface area contributed by atoms with Crippen molar-refractivity contribution in [2.24, 2.45) is 4.99 Å². The van der Waals surface area contributed by atoms with Gasteiger partial charge in [0.05, 0.1) is 19.1 Å². The molecule has 4 aromatic rings. The Morgan fingerprint density at radius 2 is 1.74 bits per heavy atom. The van der Waals surface area contributed by atoms with Gasteiger partial charge in [0.25, 0.3) is 11.6 Å². The number of non-ortho nitro benzene ring substituents is 1. The van der Waals surface area contributed by atoms with E-state index in [1.807, 2.05) is 30.3 Å². The number of thiazole rings is 1. The van der Waals surface area contributed by atoms with Crippen LogP contribution in [0, 0.1) is 10.1 Å². The van der Waals surface area contributed by atoms with E-state index in [1.165, 1.54) is 34.4 Å². The summed E-state index contributed by atoms with van der Waals surface area (Å²) < 4.78 is 11.7. The molecule has 0 radical (unpaired) electrons. The number of hydrogen-bond donors (Lipinski definition) is 0. The maximum Gasteiger partial charge on any atom is 0.284 e. The monoisotopic (exact) mass is 486 g/mol. The van der Waals surface area contributed by atoms with E-state index >= 15 is 0 Å². The molecule has 174 valence electrons. The number of hydrogen-bond acceptors (Lipinski definition) is 8. The predicted molar refractivity (Wildman–Crippen MR) is 134 cm³/mol. The molecule has 0 unspecified atom stereocenters. The quantitative estimate of drug-likeness (QED) is 0.214. The van der Waals surface area contributed by atoms with Gasteiger partial charge in [-0.05, 0) is 23.8 Å². The van der Waals surface area contributed by atoms with Crippen molar-refractivity contribution in [1.29, 1.82) is 0 Å². The van der Waals surface area contributed by atoms with E-state index in [-0.39, 0.29) is 11.4 Å². The molecule has 3 aromatic carbocycles. The van der Waals surface area contributed by atoms with Crippen LogP contribution < -0.4 is 14.4 Å². The van der Waals surface area contributed by atoms with E-state index in [1.54, 1.807) is 38.5 Å². The first kappa shape index (κ1) is 22.2. The molecule has 0 N–H and O–H groups in total. The first-order chi connectivity index (χ1) is 17.0. The highest BCUT2D eigenvalue weighted by atomic mass is 32.1. The number of carbonyl (C=O) groups is 1. The van der Waals surface area contributed by atoms with Crippen LogP contribution in [0.4, 0.5) is 10.8 Å². The second kappa shape index (κ2) is 8.99. The van der Waals surface area contributed by atoms with Crippen LogP contribution in [-0.4, -0.2) is 35.9 Å². The normalized spacial score (nSPS) is 14.5. The maximum absolute atomic E-state index is 13.6. The first-order valence-corrected chi connectivity index (χ1v) is 11.3. The molecule has 5 rings (SSSR count). The molecule has 0 spiro atoms. The molecular formula is C25H18N4O5S. The van der Waals surface area contributed by atoms with Crippen LogP contribution >= 0.6 is 11.3 Å². The average Bonchev–Trinajstić information content (AvgIpc) is 3.45. The Kier molecular flexibility index (Phi) is 5.71. The lowest BCUT2D eigenvalue weighted by Gasteiger charge is -2.14. The fourth-order valence-electron chi connectivity index (χ4n) is 3.73. The fourth-order valence-corrected chi connectivity index (χ4v) is 4.81. The summed E-state index contributed by atoms with van der Waals surface area (Å²) in [6.45, 7) is 0. The minimum absolute atomic E-state index is 0.0701. The van der Waals surface area contributed by atoms with Crippen molar-refractivity contribution in [3.05, 3.63) is 93.7 Å². The van der Waals surface area contributed by atoms with Gasteiger partial charge in [0.1, 0.15) is 33.2 Å². The van der Waals surface area contributed by atoms with Crippen molar-refractivity contribution in [1.82, 2.24) is 4.98 Å². The van der Waals surface area contributed by atoms with Crippen molar-refractivity contribution >= 4 is 50.2 Å². The van der Waals surface area contributed by atoms with Crippen LogP contribution in [0.1, 0.15) is 11.1 Å². The molecule has 1 amide bonds. The Hall–Kier alpha value is -4.57. The van der Waals surface area contributed by atoms with E-state index in [0.717, 1.165) is 10.3 Å². The van der Waals surface area contributed by atoms with Crippen LogP contribution in [0.25, 0.3) is 16.3 Å². The zero-order valence-corrected chi connectivity index (χ0v) is 19.5. The van der Waals surface area contributed by atoms with Crippen LogP contribution in [-0.2, 0) is 4.79 Å². The zero-order valence-electron chi connectivity index (χ0n) is 18.7. The Morgan fingerprint density at radius 1 is 1.00 bits per heavy atom. The van der Waals surface area contributed by atoms with Gasteiger partial charge in [-0.1, -0.05) is 53.8 Å². The Balaban J connectivity index is 1.66. The number of anilines is 1. The zero-order chi connectivity index (χ0) is 24.5. The number of carbonyl (C=O) groups excluding carboxylic acids is 1. The summed E-state index contributed by atoms with van der Waals surface area (Å²) in [6, 6.07) is 18.9. The molecule has 0 fully saturated rings. The summed E-state index contributed by atoms with van der Waals surface area (Å²) in [4.78, 5) is 35.1. The van der Waals surface area contributed by atoms with Gasteiger partial charge < -0.3 is 9.47 Å². The Bertz CT molecular complexity index is 1490. The minimum Gasteiger partial charge on any atom is -0.495 e. The van der Waals surface area contributed by atoms with Crippen LogP contribution in [0.15, 0.2) is 77.4 Å². The van der Waals surface area contributed by atoms with Crippen molar-refractivity contribution in [2.45, 2.75) is 0 Å².